The van der Waals surface area contributed by atoms with Crippen LogP contribution >= 0.6 is 11.6 Å². The van der Waals surface area contributed by atoms with Gasteiger partial charge in [0, 0.05) is 34.6 Å². The summed E-state index contributed by atoms with van der Waals surface area (Å²) in [5, 5.41) is 8.69. The number of aromatic nitrogens is 3. The SMILES string of the molecule is CCCC1(COCc2nn(C)c(CC)c2-c2c(Cl)ccc3c(CCCOc4cccc5ccccc45)c(C(=O)OCC)[nH]c23)CC1. The number of nitrogens with zero attached hydrogens (tertiary/aromatic N) is 2. The second-order valence-corrected chi connectivity index (χ2v) is 12.9. The smallest absolute Gasteiger partial charge is 0.355 e. The lowest BCUT2D eigenvalue weighted by atomic mass is 9.97. The number of halogens is 1. The van der Waals surface area contributed by atoms with E-state index in [1.54, 1.807) is 0 Å². The van der Waals surface area contributed by atoms with Gasteiger partial charge in [-0.1, -0.05) is 74.3 Å². The van der Waals surface area contributed by atoms with Crippen LogP contribution in [0.1, 0.15) is 80.3 Å². The van der Waals surface area contributed by atoms with Crippen LogP contribution in [-0.4, -0.2) is 40.6 Å². The van der Waals surface area contributed by atoms with Crippen LogP contribution in [0.2, 0.25) is 5.02 Å². The zero-order valence-electron chi connectivity index (χ0n) is 27.4. The molecule has 2 heterocycles. The van der Waals surface area contributed by atoms with E-state index in [0.29, 0.717) is 42.2 Å². The summed E-state index contributed by atoms with van der Waals surface area (Å²) in [7, 11) is 1.97. The standard InChI is InChI=1S/C38H44ClN3O4/c1-5-19-38(20-21-38)24-44-23-30-34(31(6-2)42(4)41-30)33-29(39)18-17-28-27(36(40-35(28)33)37(43)45-7-3)15-11-22-46-32-16-10-13-25-12-8-9-14-26(25)32/h8-10,12-14,16-18,40H,5-7,11,15,19-24H2,1-4H3. The number of nitrogens with one attached hydrogen (secondary N) is 1. The fourth-order valence-corrected chi connectivity index (χ4v) is 7.13. The molecule has 8 heteroatoms. The first-order valence-electron chi connectivity index (χ1n) is 16.6. The summed E-state index contributed by atoms with van der Waals surface area (Å²) in [5.41, 5.74) is 6.26. The molecule has 1 N–H and O–H groups in total. The number of H-pyrrole nitrogens is 1. The molecule has 2 aromatic heterocycles. The van der Waals surface area contributed by atoms with Gasteiger partial charge < -0.3 is 19.2 Å². The van der Waals surface area contributed by atoms with E-state index in [1.165, 1.54) is 25.7 Å². The lowest BCUT2D eigenvalue weighted by Gasteiger charge is -2.15. The Labute approximate surface area is 276 Å². The van der Waals surface area contributed by atoms with Gasteiger partial charge in [0.05, 0.1) is 42.7 Å². The molecular formula is C38H44ClN3O4. The first-order chi connectivity index (χ1) is 22.4. The first-order valence-corrected chi connectivity index (χ1v) is 17.0. The zero-order valence-corrected chi connectivity index (χ0v) is 28.1. The number of aromatic amines is 1. The fraction of sp³-hybridized carbons (Fsp3) is 0.421. The minimum absolute atomic E-state index is 0.287. The molecule has 1 aliphatic rings. The Morgan fingerprint density at radius 2 is 1.83 bits per heavy atom. The highest BCUT2D eigenvalue weighted by molar-refractivity contribution is 6.35. The Hall–Kier alpha value is -3.81. The quantitative estimate of drug-likeness (QED) is 0.0911. The molecule has 0 unspecified atom stereocenters. The number of fused-ring (bicyclic) bond motifs is 2. The van der Waals surface area contributed by atoms with Crippen molar-refractivity contribution in [3.05, 3.63) is 82.3 Å². The highest BCUT2D eigenvalue weighted by Crippen LogP contribution is 2.50. The van der Waals surface area contributed by atoms with E-state index < -0.39 is 0 Å². The third-order valence-electron chi connectivity index (χ3n) is 9.30. The van der Waals surface area contributed by atoms with Crippen molar-refractivity contribution in [3.63, 3.8) is 0 Å². The number of hydrogen-bond donors (Lipinski definition) is 1. The topological polar surface area (TPSA) is 78.4 Å². The van der Waals surface area contributed by atoms with Gasteiger partial charge in [0.25, 0.3) is 0 Å². The van der Waals surface area contributed by atoms with Crippen LogP contribution in [0.5, 0.6) is 5.75 Å². The molecule has 3 aromatic carbocycles. The van der Waals surface area contributed by atoms with E-state index in [4.69, 9.17) is 30.9 Å². The largest absolute Gasteiger partial charge is 0.493 e. The molecule has 7 nitrogen and oxygen atoms in total. The summed E-state index contributed by atoms with van der Waals surface area (Å²) < 4.78 is 20.0. The Balaban J connectivity index is 1.32. The highest BCUT2D eigenvalue weighted by Gasteiger charge is 2.41. The maximum absolute atomic E-state index is 13.3. The average Bonchev–Trinajstić information content (AvgIpc) is 3.61. The van der Waals surface area contributed by atoms with Crippen molar-refractivity contribution < 1.29 is 19.0 Å². The van der Waals surface area contributed by atoms with E-state index in [9.17, 15) is 4.79 Å². The third-order valence-corrected chi connectivity index (χ3v) is 9.61. The number of ether oxygens (including phenoxy) is 3. The predicted molar refractivity (Wildman–Crippen MR) is 185 cm³/mol. The van der Waals surface area contributed by atoms with Gasteiger partial charge in [-0.15, -0.1) is 0 Å². The summed E-state index contributed by atoms with van der Waals surface area (Å²) in [5.74, 6) is 0.485. The molecule has 0 bridgehead atoms. The molecule has 1 saturated carbocycles. The molecule has 0 spiro atoms. The monoisotopic (exact) mass is 641 g/mol. The van der Waals surface area contributed by atoms with Crippen LogP contribution in [0, 0.1) is 5.41 Å². The predicted octanol–water partition coefficient (Wildman–Crippen LogP) is 9.22. The molecule has 0 saturated heterocycles. The van der Waals surface area contributed by atoms with Crippen molar-refractivity contribution in [2.24, 2.45) is 12.5 Å². The second-order valence-electron chi connectivity index (χ2n) is 12.5. The summed E-state index contributed by atoms with van der Waals surface area (Å²) in [4.78, 5) is 16.8. The van der Waals surface area contributed by atoms with E-state index >= 15 is 0 Å². The summed E-state index contributed by atoms with van der Waals surface area (Å²) in [6, 6.07) is 18.2. The molecule has 5 aromatic rings. The van der Waals surface area contributed by atoms with E-state index in [1.807, 2.05) is 55.1 Å². The number of esters is 1. The average molecular weight is 642 g/mol. The first kappa shape index (κ1) is 32.1. The molecule has 1 fully saturated rings. The van der Waals surface area contributed by atoms with Gasteiger partial charge in [-0.25, -0.2) is 4.79 Å². The van der Waals surface area contributed by atoms with Crippen LogP contribution in [0.25, 0.3) is 32.8 Å². The van der Waals surface area contributed by atoms with Crippen LogP contribution in [0.3, 0.4) is 0 Å². The molecular weight excluding hydrogens is 598 g/mol. The summed E-state index contributed by atoms with van der Waals surface area (Å²) >= 11 is 7.02. The highest BCUT2D eigenvalue weighted by atomic mass is 35.5. The number of carbonyl (C=O) groups excluding carboxylic acids is 1. The molecule has 0 radical (unpaired) electrons. The van der Waals surface area contributed by atoms with Gasteiger partial charge in [-0.2, -0.15) is 5.10 Å². The molecule has 6 rings (SSSR count). The van der Waals surface area contributed by atoms with Gasteiger partial charge in [0.2, 0.25) is 0 Å². The summed E-state index contributed by atoms with van der Waals surface area (Å²) in [6.45, 7) is 8.13. The maximum atomic E-state index is 13.3. The van der Waals surface area contributed by atoms with Gasteiger partial charge >= 0.3 is 5.97 Å². The number of carbonyl (C=O) groups is 1. The Morgan fingerprint density at radius 3 is 2.59 bits per heavy atom. The Bertz CT molecular complexity index is 1850. The van der Waals surface area contributed by atoms with Gasteiger partial charge in [0.15, 0.2) is 0 Å². The zero-order chi connectivity index (χ0) is 32.3. The second kappa shape index (κ2) is 13.9. The fourth-order valence-electron chi connectivity index (χ4n) is 6.88. The minimum atomic E-state index is -0.373. The molecule has 0 aliphatic heterocycles. The van der Waals surface area contributed by atoms with E-state index in [-0.39, 0.29) is 12.6 Å². The number of benzene rings is 3. The van der Waals surface area contributed by atoms with Crippen molar-refractivity contribution >= 4 is 39.2 Å². The van der Waals surface area contributed by atoms with Crippen LogP contribution < -0.4 is 4.74 Å². The lowest BCUT2D eigenvalue weighted by Crippen LogP contribution is -2.10. The van der Waals surface area contributed by atoms with Crippen LogP contribution in [-0.2, 0) is 36.0 Å². The van der Waals surface area contributed by atoms with Crippen molar-refractivity contribution in [1.82, 2.24) is 14.8 Å². The van der Waals surface area contributed by atoms with Crippen LogP contribution in [0.4, 0.5) is 0 Å². The van der Waals surface area contributed by atoms with Crippen molar-refractivity contribution in [2.75, 3.05) is 19.8 Å². The van der Waals surface area contributed by atoms with Gasteiger partial charge in [-0.3, -0.25) is 4.68 Å². The van der Waals surface area contributed by atoms with Crippen molar-refractivity contribution in [3.8, 4) is 16.9 Å². The number of aryl methyl sites for hydroxylation is 2. The van der Waals surface area contributed by atoms with E-state index in [0.717, 1.165) is 68.5 Å². The Kier molecular flexibility index (Phi) is 9.71. The number of hydrogen-bond acceptors (Lipinski definition) is 5. The lowest BCUT2D eigenvalue weighted by molar-refractivity contribution is 0.0519. The summed E-state index contributed by atoms with van der Waals surface area (Å²) in [6.07, 6.45) is 6.95. The minimum Gasteiger partial charge on any atom is -0.493 e. The maximum Gasteiger partial charge on any atom is 0.355 e. The molecule has 1 aliphatic carbocycles. The van der Waals surface area contributed by atoms with Crippen molar-refractivity contribution in [1.29, 1.82) is 0 Å². The normalized spacial score (nSPS) is 13.8. The molecule has 242 valence electrons. The molecule has 0 atom stereocenters. The van der Waals surface area contributed by atoms with Gasteiger partial charge in [0.1, 0.15) is 11.4 Å². The Morgan fingerprint density at radius 1 is 1.02 bits per heavy atom. The third kappa shape index (κ3) is 6.40. The number of rotatable bonds is 15. The van der Waals surface area contributed by atoms with Crippen LogP contribution in [0.15, 0.2) is 54.6 Å². The van der Waals surface area contributed by atoms with Crippen molar-refractivity contribution in [2.45, 2.75) is 72.3 Å². The molecule has 0 amide bonds. The molecule has 46 heavy (non-hydrogen) atoms. The van der Waals surface area contributed by atoms with E-state index in [2.05, 4.69) is 37.0 Å². The van der Waals surface area contributed by atoms with Gasteiger partial charge in [-0.05, 0) is 73.9 Å².